The molecule has 1 aromatic carbocycles. The molecule has 2 N–H and O–H groups in total. The van der Waals surface area contributed by atoms with E-state index < -0.39 is 5.91 Å². The van der Waals surface area contributed by atoms with Gasteiger partial charge in [0.15, 0.2) is 0 Å². The predicted molar refractivity (Wildman–Crippen MR) is 78.7 cm³/mol. The Morgan fingerprint density at radius 3 is 3.00 bits per heavy atom. The van der Waals surface area contributed by atoms with Crippen LogP contribution in [0, 0.1) is 0 Å². The van der Waals surface area contributed by atoms with E-state index in [0.717, 1.165) is 19.4 Å². The van der Waals surface area contributed by atoms with Gasteiger partial charge in [-0.05, 0) is 37.6 Å². The van der Waals surface area contributed by atoms with Crippen molar-refractivity contribution in [2.75, 3.05) is 11.9 Å². The Bertz CT molecular complexity index is 668. The van der Waals surface area contributed by atoms with Crippen LogP contribution in [0.25, 0.3) is 0 Å². The Morgan fingerprint density at radius 1 is 1.38 bits per heavy atom. The standard InChI is InChI=1S/C13H12Cl2N4O2/c14-7-3-4-9(15)8(6-7)11(20)17-13-19-18-12(21-13)10-2-1-5-16-10/h3-4,6,10,16H,1-2,5H2,(H,17,19,20). The molecule has 1 fully saturated rings. The number of anilines is 1. The number of benzene rings is 1. The lowest BCUT2D eigenvalue weighted by Crippen LogP contribution is -2.13. The van der Waals surface area contributed by atoms with Crippen molar-refractivity contribution in [3.8, 4) is 0 Å². The fourth-order valence-corrected chi connectivity index (χ4v) is 2.53. The maximum Gasteiger partial charge on any atom is 0.322 e. The predicted octanol–water partition coefficient (Wildman–Crippen LogP) is 3.05. The van der Waals surface area contributed by atoms with Gasteiger partial charge in [0.2, 0.25) is 5.89 Å². The fourth-order valence-electron chi connectivity index (χ4n) is 2.16. The Labute approximate surface area is 130 Å². The minimum absolute atomic E-state index is 0.0414. The largest absolute Gasteiger partial charge is 0.406 e. The minimum Gasteiger partial charge on any atom is -0.406 e. The lowest BCUT2D eigenvalue weighted by Gasteiger charge is -2.04. The first-order valence-corrected chi connectivity index (χ1v) is 7.22. The van der Waals surface area contributed by atoms with Crippen molar-refractivity contribution in [2.45, 2.75) is 18.9 Å². The summed E-state index contributed by atoms with van der Waals surface area (Å²) in [4.78, 5) is 12.1. The summed E-state index contributed by atoms with van der Waals surface area (Å²) in [5.41, 5.74) is 0.253. The van der Waals surface area contributed by atoms with Crippen LogP contribution in [-0.2, 0) is 0 Å². The van der Waals surface area contributed by atoms with Crippen molar-refractivity contribution in [1.82, 2.24) is 15.5 Å². The number of halogens is 2. The number of carbonyl (C=O) groups excluding carboxylic acids is 1. The van der Waals surface area contributed by atoms with Crippen LogP contribution in [0.5, 0.6) is 0 Å². The van der Waals surface area contributed by atoms with Gasteiger partial charge >= 0.3 is 6.01 Å². The molecule has 1 aliphatic rings. The molecule has 110 valence electrons. The third-order valence-electron chi connectivity index (χ3n) is 3.19. The third kappa shape index (κ3) is 3.18. The maximum absolute atomic E-state index is 12.1. The highest BCUT2D eigenvalue weighted by Crippen LogP contribution is 2.24. The first-order valence-electron chi connectivity index (χ1n) is 6.46. The molecule has 0 saturated carbocycles. The number of nitrogens with one attached hydrogen (secondary N) is 2. The fraction of sp³-hybridized carbons (Fsp3) is 0.308. The Morgan fingerprint density at radius 2 is 2.24 bits per heavy atom. The van der Waals surface area contributed by atoms with Gasteiger partial charge in [-0.15, -0.1) is 5.10 Å². The Hall–Kier alpha value is -1.63. The van der Waals surface area contributed by atoms with Crippen molar-refractivity contribution < 1.29 is 9.21 Å². The summed E-state index contributed by atoms with van der Waals surface area (Å²) >= 11 is 11.8. The number of hydrogen-bond donors (Lipinski definition) is 2. The van der Waals surface area contributed by atoms with Crippen molar-refractivity contribution in [3.63, 3.8) is 0 Å². The lowest BCUT2D eigenvalue weighted by molar-refractivity contribution is 0.102. The van der Waals surface area contributed by atoms with Crippen molar-refractivity contribution >= 4 is 35.1 Å². The van der Waals surface area contributed by atoms with Crippen LogP contribution in [-0.4, -0.2) is 22.6 Å². The summed E-state index contributed by atoms with van der Waals surface area (Å²) in [5, 5.41) is 14.2. The van der Waals surface area contributed by atoms with E-state index in [-0.39, 0.29) is 17.6 Å². The molecule has 0 aliphatic carbocycles. The van der Waals surface area contributed by atoms with E-state index in [1.165, 1.54) is 6.07 Å². The van der Waals surface area contributed by atoms with Gasteiger partial charge in [-0.2, -0.15) is 0 Å². The van der Waals surface area contributed by atoms with Gasteiger partial charge < -0.3 is 9.73 Å². The summed E-state index contributed by atoms with van der Waals surface area (Å²) in [6, 6.07) is 4.74. The van der Waals surface area contributed by atoms with Gasteiger partial charge in [0, 0.05) is 5.02 Å². The summed E-state index contributed by atoms with van der Waals surface area (Å²) in [6.07, 6.45) is 2.00. The lowest BCUT2D eigenvalue weighted by atomic mass is 10.2. The van der Waals surface area contributed by atoms with E-state index in [1.54, 1.807) is 12.1 Å². The summed E-state index contributed by atoms with van der Waals surface area (Å²) in [6.45, 7) is 0.923. The van der Waals surface area contributed by atoms with Crippen molar-refractivity contribution in [1.29, 1.82) is 0 Å². The molecule has 2 heterocycles. The van der Waals surface area contributed by atoms with Gasteiger partial charge in [0.05, 0.1) is 16.6 Å². The molecule has 1 unspecified atom stereocenters. The van der Waals surface area contributed by atoms with E-state index in [1.807, 2.05) is 0 Å². The molecular weight excluding hydrogens is 315 g/mol. The zero-order valence-electron chi connectivity index (χ0n) is 10.9. The topological polar surface area (TPSA) is 80.0 Å². The molecule has 2 aromatic rings. The molecule has 6 nitrogen and oxygen atoms in total. The third-order valence-corrected chi connectivity index (χ3v) is 3.76. The van der Waals surface area contributed by atoms with Gasteiger partial charge in [0.25, 0.3) is 5.91 Å². The molecule has 1 atom stereocenters. The van der Waals surface area contributed by atoms with Gasteiger partial charge in [-0.25, -0.2) is 0 Å². The normalized spacial score (nSPS) is 17.9. The number of rotatable bonds is 3. The van der Waals surface area contributed by atoms with Crippen LogP contribution in [0.1, 0.15) is 35.1 Å². The average molecular weight is 327 g/mol. The van der Waals surface area contributed by atoms with Crippen molar-refractivity contribution in [2.24, 2.45) is 0 Å². The van der Waals surface area contributed by atoms with E-state index in [0.29, 0.717) is 15.9 Å². The zero-order chi connectivity index (χ0) is 14.8. The smallest absolute Gasteiger partial charge is 0.322 e. The highest BCUT2D eigenvalue weighted by molar-refractivity contribution is 6.36. The molecule has 0 spiro atoms. The second kappa shape index (κ2) is 6.01. The van der Waals surface area contributed by atoms with Crippen LogP contribution in [0.2, 0.25) is 10.0 Å². The number of carbonyl (C=O) groups is 1. The van der Waals surface area contributed by atoms with Gasteiger partial charge in [-0.3, -0.25) is 10.1 Å². The van der Waals surface area contributed by atoms with Crippen LogP contribution in [0.4, 0.5) is 6.01 Å². The van der Waals surface area contributed by atoms with Gasteiger partial charge in [0.1, 0.15) is 0 Å². The summed E-state index contributed by atoms with van der Waals surface area (Å²) < 4.78 is 5.44. The minimum atomic E-state index is -0.447. The van der Waals surface area contributed by atoms with E-state index in [9.17, 15) is 4.79 Å². The summed E-state index contributed by atoms with van der Waals surface area (Å²) in [5.74, 6) is 0.0251. The van der Waals surface area contributed by atoms with Crippen LogP contribution in [0.15, 0.2) is 22.6 Å². The Balaban J connectivity index is 1.74. The number of aromatic nitrogens is 2. The number of amides is 1. The molecule has 1 amide bonds. The molecule has 8 heteroatoms. The highest BCUT2D eigenvalue weighted by atomic mass is 35.5. The SMILES string of the molecule is O=C(Nc1nnc(C2CCCN2)o1)c1cc(Cl)ccc1Cl. The monoisotopic (exact) mass is 326 g/mol. The maximum atomic E-state index is 12.1. The zero-order valence-corrected chi connectivity index (χ0v) is 12.4. The van der Waals surface area contributed by atoms with Crippen LogP contribution in [0.3, 0.4) is 0 Å². The molecule has 21 heavy (non-hydrogen) atoms. The average Bonchev–Trinajstić information content (AvgIpc) is 3.11. The first kappa shape index (κ1) is 14.3. The number of nitrogens with zero attached hydrogens (tertiary/aromatic N) is 2. The van der Waals surface area contributed by atoms with E-state index >= 15 is 0 Å². The first-order chi connectivity index (χ1) is 10.1. The Kier molecular flexibility index (Phi) is 4.10. The molecule has 1 aliphatic heterocycles. The summed E-state index contributed by atoms with van der Waals surface area (Å²) in [7, 11) is 0. The molecule has 0 radical (unpaired) electrons. The molecular formula is C13H12Cl2N4O2. The molecule has 1 aromatic heterocycles. The second-order valence-corrected chi connectivity index (χ2v) is 5.52. The van der Waals surface area contributed by atoms with E-state index in [4.69, 9.17) is 27.6 Å². The molecule has 3 rings (SSSR count). The van der Waals surface area contributed by atoms with E-state index in [2.05, 4.69) is 20.8 Å². The molecule has 1 saturated heterocycles. The highest BCUT2D eigenvalue weighted by Gasteiger charge is 2.23. The van der Waals surface area contributed by atoms with Crippen molar-refractivity contribution in [3.05, 3.63) is 39.7 Å². The second-order valence-electron chi connectivity index (χ2n) is 4.67. The number of hydrogen-bond acceptors (Lipinski definition) is 5. The molecule has 0 bridgehead atoms. The van der Waals surface area contributed by atoms with Crippen LogP contribution >= 0.6 is 23.2 Å². The quantitative estimate of drug-likeness (QED) is 0.906. The van der Waals surface area contributed by atoms with Gasteiger partial charge in [-0.1, -0.05) is 28.3 Å². The van der Waals surface area contributed by atoms with Crippen LogP contribution < -0.4 is 10.6 Å².